The minimum absolute atomic E-state index is 0. The van der Waals surface area contributed by atoms with Crippen LogP contribution in [0.2, 0.25) is 0 Å². The average molecular weight is 1220 g/mol. The lowest BCUT2D eigenvalue weighted by Crippen LogP contribution is -2.09. The van der Waals surface area contributed by atoms with E-state index in [1.165, 1.54) is 99.5 Å². The van der Waals surface area contributed by atoms with Crippen molar-refractivity contribution in [2.45, 2.75) is 7.43 Å². The van der Waals surface area contributed by atoms with Gasteiger partial charge < -0.3 is 19.4 Å². The van der Waals surface area contributed by atoms with Crippen molar-refractivity contribution in [3.05, 3.63) is 368 Å². The molecular formula is C85H65BrN4. The number of para-hydroxylation sites is 6. The third kappa shape index (κ3) is 12.4. The van der Waals surface area contributed by atoms with Crippen LogP contribution in [0.3, 0.4) is 0 Å². The minimum atomic E-state index is 0. The van der Waals surface area contributed by atoms with Crippen LogP contribution in [0.25, 0.3) is 99.5 Å². The lowest BCUT2D eigenvalue weighted by Gasteiger charge is -2.26. The van der Waals surface area contributed by atoms with Gasteiger partial charge in [0.1, 0.15) is 0 Å². The summed E-state index contributed by atoms with van der Waals surface area (Å²) in [5.41, 5.74) is 22.6. The number of nitrogens with zero attached hydrogens (tertiary/aromatic N) is 3. The second-order valence-corrected chi connectivity index (χ2v) is 22.8. The molecule has 0 aliphatic rings. The molecule has 16 aromatic rings. The molecule has 0 unspecified atom stereocenters. The van der Waals surface area contributed by atoms with Crippen molar-refractivity contribution in [3.8, 4) is 55.9 Å². The number of hydrogen-bond donors (Lipinski definition) is 1. The van der Waals surface area contributed by atoms with Crippen molar-refractivity contribution in [1.29, 1.82) is 0 Å². The summed E-state index contributed by atoms with van der Waals surface area (Å²) in [6.45, 7) is 0. The molecule has 1 N–H and O–H groups in total. The van der Waals surface area contributed by atoms with Gasteiger partial charge in [0.05, 0.1) is 22.1 Å². The van der Waals surface area contributed by atoms with E-state index >= 15 is 0 Å². The Morgan fingerprint density at radius 1 is 0.233 bits per heavy atom. The van der Waals surface area contributed by atoms with Crippen LogP contribution in [0.4, 0.5) is 28.4 Å². The van der Waals surface area contributed by atoms with Crippen molar-refractivity contribution in [2.75, 3.05) is 10.2 Å². The summed E-state index contributed by atoms with van der Waals surface area (Å²) in [6, 6.07) is 129. The van der Waals surface area contributed by atoms with Crippen LogP contribution in [0, 0.1) is 0 Å². The van der Waals surface area contributed by atoms with Crippen molar-refractivity contribution in [2.24, 2.45) is 0 Å². The summed E-state index contributed by atoms with van der Waals surface area (Å²) in [5, 5.41) is 8.52. The van der Waals surface area contributed by atoms with Crippen molar-refractivity contribution in [3.63, 3.8) is 0 Å². The number of halogens is 1. The minimum Gasteiger partial charge on any atom is -0.356 e. The van der Waals surface area contributed by atoms with Crippen LogP contribution >= 0.6 is 15.9 Å². The lowest BCUT2D eigenvalue weighted by atomic mass is 10.0. The third-order valence-corrected chi connectivity index (χ3v) is 16.8. The lowest BCUT2D eigenvalue weighted by molar-refractivity contribution is 1.18. The van der Waals surface area contributed by atoms with Crippen LogP contribution in [-0.2, 0) is 0 Å². The standard InChI is InChI=1S/C42H30N2.C30H22N2.C12H9Br.CH4/c1-4-12-31(13-5-1)32-20-25-37(26-21-32)43(35-14-6-2-7-15-35)38-27-22-33(23-28-38)34-24-29-42-40(30-34)39-18-10-11-19-41(39)44(42)36-16-8-3-9-17-36;1-3-9-24(10-4-1)31-25-18-15-22(16-19-25)23-17-20-30-28(21-23)27-13-7-8-14-29(27)32(30)26-11-5-2-6-12-26;13-12-8-6-11(7-9-12)10-4-2-1-3-5-10;/h1-30H;1-21,31H;1-9H;1H4. The summed E-state index contributed by atoms with van der Waals surface area (Å²) < 4.78 is 5.83. The predicted octanol–water partition coefficient (Wildman–Crippen LogP) is 24.5. The first kappa shape index (κ1) is 57.8. The van der Waals surface area contributed by atoms with Gasteiger partial charge in [0.15, 0.2) is 0 Å². The zero-order valence-corrected chi connectivity index (χ0v) is 50.4. The number of anilines is 5. The highest BCUT2D eigenvalue weighted by Gasteiger charge is 2.17. The molecule has 0 fully saturated rings. The summed E-state index contributed by atoms with van der Waals surface area (Å²) >= 11 is 3.42. The van der Waals surface area contributed by atoms with Gasteiger partial charge in [-0.25, -0.2) is 0 Å². The van der Waals surface area contributed by atoms with Crippen LogP contribution in [0.5, 0.6) is 0 Å². The van der Waals surface area contributed by atoms with E-state index < -0.39 is 0 Å². The molecule has 14 aromatic carbocycles. The van der Waals surface area contributed by atoms with Gasteiger partial charge >= 0.3 is 0 Å². The number of hydrogen-bond acceptors (Lipinski definition) is 2. The predicted molar refractivity (Wildman–Crippen MR) is 389 cm³/mol. The Labute approximate surface area is 535 Å². The molecule has 0 saturated carbocycles. The molecule has 0 spiro atoms. The summed E-state index contributed by atoms with van der Waals surface area (Å²) in [4.78, 5) is 2.31. The van der Waals surface area contributed by atoms with E-state index in [1.54, 1.807) is 0 Å². The zero-order chi connectivity index (χ0) is 59.7. The summed E-state index contributed by atoms with van der Waals surface area (Å²) in [6.07, 6.45) is 0. The molecule has 90 heavy (non-hydrogen) atoms. The Kier molecular flexibility index (Phi) is 17.2. The maximum absolute atomic E-state index is 3.45. The fourth-order valence-electron chi connectivity index (χ4n) is 12.0. The van der Waals surface area contributed by atoms with Crippen molar-refractivity contribution in [1.82, 2.24) is 9.13 Å². The number of aromatic nitrogens is 2. The van der Waals surface area contributed by atoms with E-state index in [1.807, 2.05) is 24.3 Å². The molecule has 0 saturated heterocycles. The Bertz CT molecular complexity index is 4980. The molecule has 5 heteroatoms. The van der Waals surface area contributed by atoms with Gasteiger partial charge in [-0.05, 0) is 178 Å². The highest BCUT2D eigenvalue weighted by molar-refractivity contribution is 9.10. The Morgan fingerprint density at radius 2 is 0.522 bits per heavy atom. The average Bonchev–Trinajstić information content (AvgIpc) is 1.65. The van der Waals surface area contributed by atoms with E-state index in [-0.39, 0.29) is 7.43 Å². The van der Waals surface area contributed by atoms with E-state index in [9.17, 15) is 0 Å². The van der Waals surface area contributed by atoms with E-state index in [0.717, 1.165) is 32.9 Å². The topological polar surface area (TPSA) is 25.1 Å². The normalized spacial score (nSPS) is 10.9. The van der Waals surface area contributed by atoms with E-state index in [4.69, 9.17) is 0 Å². The molecule has 4 nitrogen and oxygen atoms in total. The SMILES string of the molecule is Brc1ccc(-c2ccccc2)cc1.C.c1ccc(-c2ccc(N(c3ccccc3)c3ccc(-c4ccc5c(c4)c4ccccc4n5-c4ccccc4)cc3)cc2)cc1.c1ccc(Nc2ccc(-c3ccc4c(c3)c3ccccc3n4-c3ccccc3)cc2)cc1. The van der Waals surface area contributed by atoms with Gasteiger partial charge in [0, 0.05) is 65.8 Å². The van der Waals surface area contributed by atoms with Crippen LogP contribution in [0.15, 0.2) is 368 Å². The van der Waals surface area contributed by atoms with Gasteiger partial charge in [-0.1, -0.05) is 254 Å². The van der Waals surface area contributed by atoms with Gasteiger partial charge in [-0.15, -0.1) is 0 Å². The molecule has 0 atom stereocenters. The molecule has 432 valence electrons. The molecular weight excluding hydrogens is 1160 g/mol. The van der Waals surface area contributed by atoms with Gasteiger partial charge in [-0.2, -0.15) is 0 Å². The molecule has 16 rings (SSSR count). The molecule has 0 bridgehead atoms. The van der Waals surface area contributed by atoms with Crippen LogP contribution in [0.1, 0.15) is 7.43 Å². The molecule has 0 aliphatic carbocycles. The molecule has 0 amide bonds. The molecule has 0 radical (unpaired) electrons. The largest absolute Gasteiger partial charge is 0.356 e. The first-order valence-electron chi connectivity index (χ1n) is 30.1. The van der Waals surface area contributed by atoms with Crippen molar-refractivity contribution >= 4 is 88.0 Å². The first-order chi connectivity index (χ1) is 44.1. The van der Waals surface area contributed by atoms with Gasteiger partial charge in [0.25, 0.3) is 0 Å². The summed E-state index contributed by atoms with van der Waals surface area (Å²) in [5.74, 6) is 0. The van der Waals surface area contributed by atoms with Crippen molar-refractivity contribution < 1.29 is 0 Å². The molecule has 2 heterocycles. The number of rotatable bonds is 11. The maximum atomic E-state index is 3.45. The maximum Gasteiger partial charge on any atom is 0.0541 e. The fraction of sp³-hybridized carbons (Fsp3) is 0.0118. The van der Waals surface area contributed by atoms with Crippen LogP contribution < -0.4 is 10.2 Å². The number of benzene rings is 14. The Balaban J connectivity index is 0.000000141. The zero-order valence-electron chi connectivity index (χ0n) is 48.9. The first-order valence-corrected chi connectivity index (χ1v) is 30.9. The smallest absolute Gasteiger partial charge is 0.0541 e. The van der Waals surface area contributed by atoms with E-state index in [0.29, 0.717) is 0 Å². The monoisotopic (exact) mass is 1220 g/mol. The molecule has 2 aromatic heterocycles. The Hall–Kier alpha value is -11.2. The highest BCUT2D eigenvalue weighted by Crippen LogP contribution is 2.40. The van der Waals surface area contributed by atoms with E-state index in [2.05, 4.69) is 375 Å². The van der Waals surface area contributed by atoms with Gasteiger partial charge in [0.2, 0.25) is 0 Å². The second kappa shape index (κ2) is 26.8. The Morgan fingerprint density at radius 3 is 0.956 bits per heavy atom. The number of nitrogens with one attached hydrogen (secondary N) is 1. The van der Waals surface area contributed by atoms with Crippen LogP contribution in [-0.4, -0.2) is 9.13 Å². The van der Waals surface area contributed by atoms with Gasteiger partial charge in [-0.3, -0.25) is 0 Å². The molecule has 0 aliphatic heterocycles. The number of fused-ring (bicyclic) bond motifs is 6. The summed E-state index contributed by atoms with van der Waals surface area (Å²) in [7, 11) is 0. The quantitative estimate of drug-likeness (QED) is 0.140. The second-order valence-electron chi connectivity index (χ2n) is 21.9. The fourth-order valence-corrected chi connectivity index (χ4v) is 12.2. The highest BCUT2D eigenvalue weighted by atomic mass is 79.9. The third-order valence-electron chi connectivity index (χ3n) is 16.3.